The van der Waals surface area contributed by atoms with Crippen molar-refractivity contribution < 1.29 is 8.42 Å². The van der Waals surface area contributed by atoms with Crippen molar-refractivity contribution in [2.45, 2.75) is 26.8 Å². The van der Waals surface area contributed by atoms with Crippen molar-refractivity contribution in [2.24, 2.45) is 0 Å². The van der Waals surface area contributed by atoms with Crippen molar-refractivity contribution in [2.75, 3.05) is 10.5 Å². The normalized spacial score (nSPS) is 11.8. The lowest BCUT2D eigenvalue weighted by Crippen LogP contribution is -2.19. The van der Waals surface area contributed by atoms with E-state index in [2.05, 4.69) is 17.9 Å². The van der Waals surface area contributed by atoms with E-state index in [1.807, 2.05) is 13.8 Å². The minimum atomic E-state index is -3.58. The minimum Gasteiger partial charge on any atom is -0.308 e. The summed E-state index contributed by atoms with van der Waals surface area (Å²) >= 11 is 0. The first-order valence-electron chi connectivity index (χ1n) is 8.37. The van der Waals surface area contributed by atoms with E-state index >= 15 is 0 Å². The summed E-state index contributed by atoms with van der Waals surface area (Å²) in [6.07, 6.45) is 4.21. The quantitative estimate of drug-likeness (QED) is 0.716. The first-order chi connectivity index (χ1) is 12.2. The monoisotopic (exact) mass is 372 g/mol. The minimum absolute atomic E-state index is 0.0618. The van der Waals surface area contributed by atoms with Crippen LogP contribution in [0.5, 0.6) is 0 Å². The average Bonchev–Trinajstić information content (AvgIpc) is 2.55. The lowest BCUT2D eigenvalue weighted by atomic mass is 10.2. The topological polar surface area (TPSA) is 68.2 Å². The Labute approximate surface area is 154 Å². The van der Waals surface area contributed by atoms with E-state index in [-0.39, 0.29) is 11.3 Å². The molecule has 0 spiro atoms. The third-order valence-electron chi connectivity index (χ3n) is 3.69. The van der Waals surface area contributed by atoms with Crippen molar-refractivity contribution in [1.29, 1.82) is 0 Å². The largest absolute Gasteiger partial charge is 0.308 e. The van der Waals surface area contributed by atoms with Gasteiger partial charge in [0.15, 0.2) is 0 Å². The molecule has 0 unspecified atom stereocenters. The third-order valence-corrected chi connectivity index (χ3v) is 4.99. The van der Waals surface area contributed by atoms with E-state index in [1.54, 1.807) is 41.0 Å². The van der Waals surface area contributed by atoms with Gasteiger partial charge in [-0.25, -0.2) is 8.42 Å². The van der Waals surface area contributed by atoms with Crippen molar-refractivity contribution >= 4 is 26.6 Å². The number of sulfonamides is 1. The second-order valence-corrected chi connectivity index (χ2v) is 8.02. The second kappa shape index (κ2) is 8.19. The molecule has 2 aromatic rings. The maximum Gasteiger partial charge on any atom is 0.251 e. The highest BCUT2D eigenvalue weighted by Crippen LogP contribution is 2.19. The fourth-order valence-electron chi connectivity index (χ4n) is 2.59. The van der Waals surface area contributed by atoms with Gasteiger partial charge >= 0.3 is 0 Å². The van der Waals surface area contributed by atoms with Gasteiger partial charge in [0, 0.05) is 23.7 Å². The van der Waals surface area contributed by atoms with E-state index in [4.69, 9.17) is 0 Å². The number of fused-ring (bicyclic) bond motifs is 1. The molecule has 0 fully saturated rings. The summed E-state index contributed by atoms with van der Waals surface area (Å²) in [6, 6.07) is 8.36. The molecule has 2 rings (SSSR count). The molecule has 1 aromatic heterocycles. The van der Waals surface area contributed by atoms with Gasteiger partial charge < -0.3 is 4.57 Å². The van der Waals surface area contributed by atoms with Gasteiger partial charge in [0.25, 0.3) is 5.56 Å². The van der Waals surface area contributed by atoms with Crippen LogP contribution in [-0.4, -0.2) is 18.7 Å². The molecule has 26 heavy (non-hydrogen) atoms. The van der Waals surface area contributed by atoms with E-state index in [9.17, 15) is 13.2 Å². The summed E-state index contributed by atoms with van der Waals surface area (Å²) in [5, 5.41) is 0.805. The highest BCUT2D eigenvalue weighted by Gasteiger charge is 2.12. The number of aromatic nitrogens is 1. The van der Waals surface area contributed by atoms with Crippen LogP contribution in [-0.2, 0) is 16.6 Å². The van der Waals surface area contributed by atoms with E-state index in [0.29, 0.717) is 17.8 Å². The average molecular weight is 372 g/mol. The standard InChI is InChI=1S/C20H24N2O3S/c1-5-12-22-19-10-9-18(13-17(19)8-11-20(22)23)21-26(24,25)14-16(4)7-6-15(2)3/h6-11,13,21H,2,4-5,12,14H2,1,3H3/b7-6-. The Hall–Kier alpha value is -2.60. The van der Waals surface area contributed by atoms with Gasteiger partial charge in [-0.15, -0.1) is 0 Å². The third kappa shape index (κ3) is 5.20. The first kappa shape index (κ1) is 19.7. The number of hydrogen-bond donors (Lipinski definition) is 1. The Kier molecular flexibility index (Phi) is 6.21. The molecule has 1 heterocycles. The molecule has 0 atom stereocenters. The molecule has 0 aliphatic heterocycles. The van der Waals surface area contributed by atoms with Gasteiger partial charge in [0.2, 0.25) is 10.0 Å². The maximum atomic E-state index is 12.3. The Morgan fingerprint density at radius 1 is 1.19 bits per heavy atom. The van der Waals surface area contributed by atoms with Crippen molar-refractivity contribution in [1.82, 2.24) is 4.57 Å². The number of rotatable bonds is 8. The predicted molar refractivity (Wildman–Crippen MR) is 109 cm³/mol. The van der Waals surface area contributed by atoms with E-state index in [0.717, 1.165) is 22.9 Å². The number of nitrogens with zero attached hydrogens (tertiary/aromatic N) is 1. The Balaban J connectivity index is 2.25. The molecule has 0 saturated carbocycles. The molecule has 1 N–H and O–H groups in total. The molecule has 0 radical (unpaired) electrons. The van der Waals surface area contributed by atoms with Crippen LogP contribution in [0.3, 0.4) is 0 Å². The van der Waals surface area contributed by atoms with Gasteiger partial charge in [-0.3, -0.25) is 9.52 Å². The number of benzene rings is 1. The van der Waals surface area contributed by atoms with Gasteiger partial charge in [-0.1, -0.05) is 37.8 Å². The van der Waals surface area contributed by atoms with Crippen LogP contribution in [0.2, 0.25) is 0 Å². The van der Waals surface area contributed by atoms with Gasteiger partial charge in [-0.2, -0.15) is 0 Å². The SMILES string of the molecule is C=C(C)/C=C\C(=C)CS(=O)(=O)Nc1ccc2c(ccc(=O)n2CCC)c1. The molecular formula is C20H24N2O3S. The summed E-state index contributed by atoms with van der Waals surface area (Å²) in [5.41, 5.74) is 2.47. The zero-order valence-electron chi connectivity index (χ0n) is 15.2. The van der Waals surface area contributed by atoms with E-state index < -0.39 is 10.0 Å². The summed E-state index contributed by atoms with van der Waals surface area (Å²) in [4.78, 5) is 12.0. The number of allylic oxidation sites excluding steroid dienone is 3. The molecule has 138 valence electrons. The summed E-state index contributed by atoms with van der Waals surface area (Å²) < 4.78 is 28.9. The summed E-state index contributed by atoms with van der Waals surface area (Å²) in [5.74, 6) is -0.204. The Morgan fingerprint density at radius 3 is 2.58 bits per heavy atom. The Bertz CT molecular complexity index is 1030. The molecule has 0 aliphatic rings. The van der Waals surface area contributed by atoms with Crippen molar-refractivity contribution in [3.05, 3.63) is 77.1 Å². The zero-order valence-corrected chi connectivity index (χ0v) is 16.0. The highest BCUT2D eigenvalue weighted by molar-refractivity contribution is 7.92. The van der Waals surface area contributed by atoms with Crippen molar-refractivity contribution in [3.8, 4) is 0 Å². The molecule has 0 saturated heterocycles. The molecule has 1 aromatic carbocycles. The van der Waals surface area contributed by atoms with E-state index in [1.165, 1.54) is 6.07 Å². The molecular weight excluding hydrogens is 348 g/mol. The summed E-state index contributed by atoms with van der Waals surface area (Å²) in [6.45, 7) is 11.9. The fourth-order valence-corrected chi connectivity index (χ4v) is 3.73. The van der Waals surface area contributed by atoms with Crippen LogP contribution in [0.4, 0.5) is 5.69 Å². The smallest absolute Gasteiger partial charge is 0.251 e. The number of pyridine rings is 1. The fraction of sp³-hybridized carbons (Fsp3) is 0.250. The zero-order chi connectivity index (χ0) is 19.3. The van der Waals surface area contributed by atoms with Crippen LogP contribution in [0.1, 0.15) is 20.3 Å². The number of anilines is 1. The van der Waals surface area contributed by atoms with Crippen LogP contribution < -0.4 is 10.3 Å². The molecule has 6 heteroatoms. The van der Waals surface area contributed by atoms with Crippen LogP contribution in [0.25, 0.3) is 10.9 Å². The second-order valence-electron chi connectivity index (χ2n) is 6.30. The van der Waals surface area contributed by atoms with Crippen molar-refractivity contribution in [3.63, 3.8) is 0 Å². The lowest BCUT2D eigenvalue weighted by molar-refractivity contribution is 0.603. The van der Waals surface area contributed by atoms with Crippen LogP contribution >= 0.6 is 0 Å². The number of hydrogen-bond acceptors (Lipinski definition) is 3. The molecule has 0 aliphatic carbocycles. The van der Waals surface area contributed by atoms with Crippen LogP contribution in [0.15, 0.2) is 71.6 Å². The molecule has 0 amide bonds. The number of aryl methyl sites for hydroxylation is 1. The predicted octanol–water partition coefficient (Wildman–Crippen LogP) is 3.84. The molecule has 5 nitrogen and oxygen atoms in total. The van der Waals surface area contributed by atoms with Gasteiger partial charge in [0.1, 0.15) is 0 Å². The molecule has 0 bridgehead atoms. The highest BCUT2D eigenvalue weighted by atomic mass is 32.2. The Morgan fingerprint density at radius 2 is 1.92 bits per heavy atom. The van der Waals surface area contributed by atoms with Gasteiger partial charge in [0.05, 0.1) is 11.3 Å². The number of nitrogens with one attached hydrogen (secondary N) is 1. The van der Waals surface area contributed by atoms with Gasteiger partial charge in [-0.05, 0) is 43.2 Å². The lowest BCUT2D eigenvalue weighted by Gasteiger charge is -2.12. The first-order valence-corrected chi connectivity index (χ1v) is 10.0. The van der Waals surface area contributed by atoms with Crippen LogP contribution in [0, 0.1) is 0 Å². The maximum absolute atomic E-state index is 12.3. The summed E-state index contributed by atoms with van der Waals surface area (Å²) in [7, 11) is -3.58.